The summed E-state index contributed by atoms with van der Waals surface area (Å²) in [4.78, 5) is 34.3. The van der Waals surface area contributed by atoms with Crippen LogP contribution in [0.15, 0.2) is 53.4 Å². The van der Waals surface area contributed by atoms with Crippen LogP contribution in [0.25, 0.3) is 6.08 Å². The van der Waals surface area contributed by atoms with Crippen LogP contribution in [0.3, 0.4) is 0 Å². The van der Waals surface area contributed by atoms with Gasteiger partial charge in [0.1, 0.15) is 0 Å². The van der Waals surface area contributed by atoms with Gasteiger partial charge in [0.25, 0.3) is 11.6 Å². The first-order chi connectivity index (χ1) is 12.8. The van der Waals surface area contributed by atoms with Crippen molar-refractivity contribution in [3.8, 4) is 0 Å². The molecule has 0 aromatic heterocycles. The van der Waals surface area contributed by atoms with Crippen LogP contribution in [0.5, 0.6) is 0 Å². The zero-order valence-electron chi connectivity index (χ0n) is 13.6. The van der Waals surface area contributed by atoms with E-state index in [9.17, 15) is 19.7 Å². The molecule has 140 valence electrons. The molecule has 0 unspecified atom stereocenters. The van der Waals surface area contributed by atoms with Crippen LogP contribution in [-0.4, -0.2) is 22.5 Å². The summed E-state index contributed by atoms with van der Waals surface area (Å²) in [7, 11) is 0. The number of hydrogen-bond donors (Lipinski definition) is 2. The molecule has 0 fully saturated rings. The van der Waals surface area contributed by atoms with Crippen molar-refractivity contribution in [3.63, 3.8) is 0 Å². The summed E-state index contributed by atoms with van der Waals surface area (Å²) in [6.07, 6.45) is 2.55. The van der Waals surface area contributed by atoms with E-state index in [0.717, 1.165) is 6.08 Å². The van der Waals surface area contributed by atoms with Crippen molar-refractivity contribution in [2.24, 2.45) is 0 Å². The fourth-order valence-electron chi connectivity index (χ4n) is 1.85. The number of hydrogen-bond acceptors (Lipinski definition) is 5. The SMILES string of the molecule is O=C(/C=C/c1cccc([N+](=O)[O-])c1)NNC(=O)CSc1cc(Cl)ccc1Cl. The third-order valence-electron chi connectivity index (χ3n) is 3.09. The van der Waals surface area contributed by atoms with Gasteiger partial charge in [-0.1, -0.05) is 35.3 Å². The molecule has 0 saturated carbocycles. The minimum absolute atomic E-state index is 0.0228. The maximum absolute atomic E-state index is 11.8. The monoisotopic (exact) mass is 425 g/mol. The van der Waals surface area contributed by atoms with Crippen molar-refractivity contribution < 1.29 is 14.5 Å². The zero-order valence-corrected chi connectivity index (χ0v) is 16.0. The first-order valence-corrected chi connectivity index (χ1v) is 9.18. The Morgan fingerprint density at radius 1 is 1.15 bits per heavy atom. The lowest BCUT2D eigenvalue weighted by atomic mass is 10.2. The van der Waals surface area contributed by atoms with Crippen LogP contribution in [0, 0.1) is 10.1 Å². The predicted octanol–water partition coefficient (Wildman–Crippen LogP) is 3.85. The molecule has 0 radical (unpaired) electrons. The molecule has 2 N–H and O–H groups in total. The minimum Gasteiger partial charge on any atom is -0.272 e. The zero-order chi connectivity index (χ0) is 19.8. The van der Waals surface area contributed by atoms with Crippen molar-refractivity contribution >= 4 is 58.5 Å². The van der Waals surface area contributed by atoms with Crippen molar-refractivity contribution in [1.82, 2.24) is 10.9 Å². The van der Waals surface area contributed by atoms with E-state index in [-0.39, 0.29) is 11.4 Å². The first-order valence-electron chi connectivity index (χ1n) is 7.44. The second-order valence-electron chi connectivity index (χ2n) is 5.09. The van der Waals surface area contributed by atoms with E-state index >= 15 is 0 Å². The molecule has 2 aromatic carbocycles. The summed E-state index contributed by atoms with van der Waals surface area (Å²) in [6.45, 7) is 0. The maximum Gasteiger partial charge on any atom is 0.270 e. The van der Waals surface area contributed by atoms with E-state index in [0.29, 0.717) is 20.5 Å². The van der Waals surface area contributed by atoms with Crippen molar-refractivity contribution in [3.05, 3.63) is 74.3 Å². The number of benzene rings is 2. The Morgan fingerprint density at radius 2 is 1.93 bits per heavy atom. The van der Waals surface area contributed by atoms with E-state index < -0.39 is 16.7 Å². The molecule has 0 bridgehead atoms. The summed E-state index contributed by atoms with van der Waals surface area (Å²) in [6, 6.07) is 10.7. The molecule has 0 aliphatic carbocycles. The standard InChI is InChI=1S/C17H13Cl2N3O4S/c18-12-5-6-14(19)15(9-12)27-10-17(24)21-20-16(23)7-4-11-2-1-3-13(8-11)22(25)26/h1-9H,10H2,(H,20,23)(H,21,24)/b7-4+. The first kappa shape index (κ1) is 20.8. The van der Waals surface area contributed by atoms with E-state index in [2.05, 4.69) is 10.9 Å². The highest BCUT2D eigenvalue weighted by Gasteiger charge is 2.08. The third kappa shape index (κ3) is 6.93. The number of amides is 2. The summed E-state index contributed by atoms with van der Waals surface area (Å²) >= 11 is 13.1. The maximum atomic E-state index is 11.8. The van der Waals surface area contributed by atoms with Crippen molar-refractivity contribution in [2.75, 3.05) is 5.75 Å². The number of nitro benzene ring substituents is 1. The van der Waals surface area contributed by atoms with Gasteiger partial charge in [0.05, 0.1) is 15.7 Å². The van der Waals surface area contributed by atoms with E-state index in [4.69, 9.17) is 23.2 Å². The number of nitro groups is 1. The number of non-ortho nitro benzene ring substituents is 1. The molecule has 0 aliphatic rings. The number of rotatable bonds is 6. The van der Waals surface area contributed by atoms with Gasteiger partial charge >= 0.3 is 0 Å². The number of halogens is 2. The van der Waals surface area contributed by atoms with Gasteiger partial charge < -0.3 is 0 Å². The Bertz CT molecular complexity index is 905. The topological polar surface area (TPSA) is 101 Å². The molecule has 2 aromatic rings. The summed E-state index contributed by atoms with van der Waals surface area (Å²) < 4.78 is 0. The highest BCUT2D eigenvalue weighted by atomic mass is 35.5. The van der Waals surface area contributed by atoms with Gasteiger partial charge in [-0.25, -0.2) is 0 Å². The Labute approximate surface area is 168 Å². The summed E-state index contributed by atoms with van der Waals surface area (Å²) in [5.74, 6) is -0.997. The van der Waals surface area contributed by atoms with Crippen LogP contribution in [0.1, 0.15) is 5.56 Å². The average molecular weight is 426 g/mol. The Balaban J connectivity index is 1.81. The number of thioether (sulfide) groups is 1. The Hall–Kier alpha value is -2.55. The predicted molar refractivity (Wildman–Crippen MR) is 106 cm³/mol. The number of nitrogens with zero attached hydrogens (tertiary/aromatic N) is 1. The quantitative estimate of drug-likeness (QED) is 0.316. The number of nitrogens with one attached hydrogen (secondary N) is 2. The normalized spacial score (nSPS) is 10.6. The average Bonchev–Trinajstić information content (AvgIpc) is 2.65. The van der Waals surface area contributed by atoms with Crippen LogP contribution >= 0.6 is 35.0 Å². The molecule has 2 rings (SSSR count). The van der Waals surface area contributed by atoms with Crippen molar-refractivity contribution in [1.29, 1.82) is 0 Å². The second-order valence-corrected chi connectivity index (χ2v) is 6.95. The molecule has 0 saturated heterocycles. The van der Waals surface area contributed by atoms with Crippen LogP contribution in [0.4, 0.5) is 5.69 Å². The number of hydrazine groups is 1. The van der Waals surface area contributed by atoms with Gasteiger partial charge in [-0.15, -0.1) is 11.8 Å². The smallest absolute Gasteiger partial charge is 0.270 e. The van der Waals surface area contributed by atoms with Crippen LogP contribution in [0.2, 0.25) is 10.0 Å². The molecule has 10 heteroatoms. The minimum atomic E-state index is -0.583. The van der Waals surface area contributed by atoms with Gasteiger partial charge in [-0.05, 0) is 29.8 Å². The highest BCUT2D eigenvalue weighted by Crippen LogP contribution is 2.29. The largest absolute Gasteiger partial charge is 0.272 e. The molecule has 27 heavy (non-hydrogen) atoms. The molecular weight excluding hydrogens is 413 g/mol. The van der Waals surface area contributed by atoms with Gasteiger partial charge in [-0.3, -0.25) is 30.6 Å². The molecular formula is C17H13Cl2N3O4S. The van der Waals surface area contributed by atoms with Crippen LogP contribution in [-0.2, 0) is 9.59 Å². The highest BCUT2D eigenvalue weighted by molar-refractivity contribution is 8.00. The molecule has 2 amide bonds. The van der Waals surface area contributed by atoms with E-state index in [1.54, 1.807) is 24.3 Å². The lowest BCUT2D eigenvalue weighted by Crippen LogP contribution is -2.41. The van der Waals surface area contributed by atoms with Crippen molar-refractivity contribution in [2.45, 2.75) is 4.90 Å². The second kappa shape index (κ2) is 9.96. The third-order valence-corrected chi connectivity index (χ3v) is 4.82. The summed E-state index contributed by atoms with van der Waals surface area (Å²) in [5.41, 5.74) is 4.88. The fourth-order valence-corrected chi connectivity index (χ4v) is 3.15. The fraction of sp³-hybridized carbons (Fsp3) is 0.0588. The van der Waals surface area contributed by atoms with Gasteiger partial charge in [0.15, 0.2) is 0 Å². The van der Waals surface area contributed by atoms with Gasteiger partial charge in [0.2, 0.25) is 5.91 Å². The summed E-state index contributed by atoms with van der Waals surface area (Å²) in [5, 5.41) is 11.7. The van der Waals surface area contributed by atoms with E-state index in [1.807, 2.05) is 0 Å². The lowest BCUT2D eigenvalue weighted by Gasteiger charge is -2.06. The molecule has 0 heterocycles. The molecule has 0 spiro atoms. The van der Waals surface area contributed by atoms with Gasteiger partial charge in [-0.2, -0.15) is 0 Å². The van der Waals surface area contributed by atoms with E-state index in [1.165, 1.54) is 36.0 Å². The lowest BCUT2D eigenvalue weighted by molar-refractivity contribution is -0.384. The van der Waals surface area contributed by atoms with Gasteiger partial charge in [0, 0.05) is 28.1 Å². The van der Waals surface area contributed by atoms with Crippen LogP contribution < -0.4 is 10.9 Å². The number of carbonyl (C=O) groups is 2. The molecule has 7 nitrogen and oxygen atoms in total. The molecule has 0 atom stereocenters. The Kier molecular flexibility index (Phi) is 7.66. The molecule has 0 aliphatic heterocycles. The number of carbonyl (C=O) groups excluding carboxylic acids is 2. The Morgan fingerprint density at radius 3 is 2.67 bits per heavy atom.